The zero-order valence-corrected chi connectivity index (χ0v) is 16.7. The number of nitrogens with zero attached hydrogens (tertiary/aromatic N) is 2. The van der Waals surface area contributed by atoms with Crippen molar-refractivity contribution in [2.75, 3.05) is 20.2 Å². The summed E-state index contributed by atoms with van der Waals surface area (Å²) in [6.45, 7) is 1.72. The van der Waals surface area contributed by atoms with Gasteiger partial charge in [0.2, 0.25) is 0 Å². The predicted molar refractivity (Wildman–Crippen MR) is 102 cm³/mol. The molecule has 2 heterocycles. The van der Waals surface area contributed by atoms with E-state index in [4.69, 9.17) is 26.2 Å². The molecule has 1 aliphatic rings. The van der Waals surface area contributed by atoms with Crippen molar-refractivity contribution in [3.63, 3.8) is 0 Å². The number of aliphatic carboxylic acids is 2. The highest BCUT2D eigenvalue weighted by atomic mass is 35.5. The minimum Gasteiger partial charge on any atom is -0.479 e. The number of halogens is 4. The molecule has 2 aromatic rings. The molecule has 7 nitrogen and oxygen atoms in total. The third kappa shape index (κ3) is 5.59. The maximum atomic E-state index is 11.6. The molecule has 0 saturated carbocycles. The summed E-state index contributed by atoms with van der Waals surface area (Å²) >= 11 is 6.38. The van der Waals surface area contributed by atoms with Gasteiger partial charge in [-0.1, -0.05) is 23.7 Å². The van der Waals surface area contributed by atoms with Crippen LogP contribution in [0.5, 0.6) is 0 Å². The zero-order chi connectivity index (χ0) is 22.5. The van der Waals surface area contributed by atoms with E-state index < -0.39 is 23.7 Å². The van der Waals surface area contributed by atoms with Crippen molar-refractivity contribution in [2.24, 2.45) is 0 Å². The molecule has 30 heavy (non-hydrogen) atoms. The maximum absolute atomic E-state index is 11.6. The number of piperidine rings is 1. The highest BCUT2D eigenvalue weighted by Gasteiger charge is 2.42. The topological polar surface area (TPSA) is 100.0 Å². The summed E-state index contributed by atoms with van der Waals surface area (Å²) < 4.78 is 37.1. The number of fused-ring (bicyclic) bond motifs is 1. The fourth-order valence-corrected chi connectivity index (χ4v) is 3.44. The lowest BCUT2D eigenvalue weighted by Crippen LogP contribution is -2.54. The Morgan fingerprint density at radius 2 is 1.97 bits per heavy atom. The minimum absolute atomic E-state index is 0.346. The van der Waals surface area contributed by atoms with E-state index in [9.17, 15) is 23.1 Å². The monoisotopic (exact) mass is 448 g/mol. The molecule has 164 valence electrons. The zero-order valence-electron chi connectivity index (χ0n) is 15.9. The predicted octanol–water partition coefficient (Wildman–Crippen LogP) is 3.59. The number of likely N-dealkylation sites (tertiary alicyclic amines) is 1. The van der Waals surface area contributed by atoms with Crippen LogP contribution >= 0.6 is 11.6 Å². The Labute approximate surface area is 175 Å². The van der Waals surface area contributed by atoms with Gasteiger partial charge in [0.05, 0.1) is 5.52 Å². The molecule has 0 amide bonds. The molecule has 0 spiro atoms. The number of methoxy groups -OCH3 is 1. The van der Waals surface area contributed by atoms with E-state index in [1.165, 1.54) is 7.11 Å². The average Bonchev–Trinajstić information content (AvgIpc) is 2.70. The number of pyridine rings is 1. The van der Waals surface area contributed by atoms with Gasteiger partial charge in [-0.25, -0.2) is 9.59 Å². The molecule has 2 N–H and O–H groups in total. The Kier molecular flexibility index (Phi) is 7.62. The Morgan fingerprint density at radius 3 is 2.53 bits per heavy atom. The summed E-state index contributed by atoms with van der Waals surface area (Å²) in [6.07, 6.45) is -2.04. The number of alkyl halides is 3. The summed E-state index contributed by atoms with van der Waals surface area (Å²) in [7, 11) is 1.46. The molecule has 11 heteroatoms. The SMILES string of the molecule is COC1(C(=O)O)CCCN(Cc2c(Cl)ccc3cccnc23)C1.O=C(O)C(F)(F)F. The molecule has 0 radical (unpaired) electrons. The van der Waals surface area contributed by atoms with Crippen LogP contribution in [0.3, 0.4) is 0 Å². The summed E-state index contributed by atoms with van der Waals surface area (Å²) in [4.78, 5) is 27.0. The quantitative estimate of drug-likeness (QED) is 0.737. The van der Waals surface area contributed by atoms with E-state index in [1.54, 1.807) is 6.20 Å². The van der Waals surface area contributed by atoms with Gasteiger partial charge in [-0.3, -0.25) is 9.88 Å². The summed E-state index contributed by atoms with van der Waals surface area (Å²) in [5.41, 5.74) is 0.661. The van der Waals surface area contributed by atoms with Crippen molar-refractivity contribution in [1.82, 2.24) is 9.88 Å². The van der Waals surface area contributed by atoms with Gasteiger partial charge >= 0.3 is 18.1 Å². The second kappa shape index (κ2) is 9.59. The first-order valence-electron chi connectivity index (χ1n) is 8.83. The van der Waals surface area contributed by atoms with E-state index in [1.807, 2.05) is 24.3 Å². The molecule has 1 saturated heterocycles. The van der Waals surface area contributed by atoms with Crippen LogP contribution in [0.2, 0.25) is 5.02 Å². The van der Waals surface area contributed by atoms with Crippen molar-refractivity contribution in [2.45, 2.75) is 31.2 Å². The normalized spacial score (nSPS) is 19.8. The number of hydrogen-bond donors (Lipinski definition) is 2. The van der Waals surface area contributed by atoms with Crippen LogP contribution in [0.1, 0.15) is 18.4 Å². The van der Waals surface area contributed by atoms with Gasteiger partial charge in [0.1, 0.15) is 0 Å². The third-order valence-corrected chi connectivity index (χ3v) is 5.12. The third-order valence-electron chi connectivity index (χ3n) is 4.76. The van der Waals surface area contributed by atoms with Crippen LogP contribution in [-0.2, 0) is 20.9 Å². The number of rotatable bonds is 4. The van der Waals surface area contributed by atoms with Gasteiger partial charge in [0, 0.05) is 42.4 Å². The number of ether oxygens (including phenoxy) is 1. The summed E-state index contributed by atoms with van der Waals surface area (Å²) in [6, 6.07) is 7.70. The molecule has 0 aliphatic carbocycles. The van der Waals surface area contributed by atoms with E-state index in [0.29, 0.717) is 24.5 Å². The maximum Gasteiger partial charge on any atom is 0.490 e. The molecule has 0 bridgehead atoms. The first kappa shape index (κ1) is 23.8. The number of carboxylic acids is 2. The van der Waals surface area contributed by atoms with E-state index in [-0.39, 0.29) is 0 Å². The molecule has 1 atom stereocenters. The number of hydrogen-bond acceptors (Lipinski definition) is 5. The lowest BCUT2D eigenvalue weighted by Gasteiger charge is -2.39. The number of carbonyl (C=O) groups is 2. The first-order valence-corrected chi connectivity index (χ1v) is 9.21. The molecule has 1 unspecified atom stereocenters. The van der Waals surface area contributed by atoms with Crippen LogP contribution in [0.25, 0.3) is 10.9 Å². The van der Waals surface area contributed by atoms with Crippen molar-refractivity contribution < 1.29 is 37.7 Å². The Balaban J connectivity index is 0.000000396. The fraction of sp³-hybridized carbons (Fsp3) is 0.421. The highest BCUT2D eigenvalue weighted by molar-refractivity contribution is 6.32. The van der Waals surface area contributed by atoms with E-state index >= 15 is 0 Å². The van der Waals surface area contributed by atoms with Gasteiger partial charge in [0.25, 0.3) is 0 Å². The highest BCUT2D eigenvalue weighted by Crippen LogP contribution is 2.30. The van der Waals surface area contributed by atoms with Crippen LogP contribution in [0.15, 0.2) is 30.5 Å². The van der Waals surface area contributed by atoms with Crippen molar-refractivity contribution in [3.05, 3.63) is 41.0 Å². The molecule has 1 aromatic heterocycles. The van der Waals surface area contributed by atoms with Crippen molar-refractivity contribution in [3.8, 4) is 0 Å². The molecule has 1 fully saturated rings. The van der Waals surface area contributed by atoms with Crippen LogP contribution in [-0.4, -0.2) is 64.0 Å². The van der Waals surface area contributed by atoms with Crippen molar-refractivity contribution in [1.29, 1.82) is 0 Å². The largest absolute Gasteiger partial charge is 0.490 e. The molecular weight excluding hydrogens is 429 g/mol. The smallest absolute Gasteiger partial charge is 0.479 e. The number of aromatic nitrogens is 1. The summed E-state index contributed by atoms with van der Waals surface area (Å²) in [5.74, 6) is -3.67. The van der Waals surface area contributed by atoms with Gasteiger partial charge in [0.15, 0.2) is 5.60 Å². The molecule has 1 aromatic carbocycles. The van der Waals surface area contributed by atoms with Gasteiger partial charge < -0.3 is 14.9 Å². The van der Waals surface area contributed by atoms with E-state index in [2.05, 4.69) is 9.88 Å². The average molecular weight is 449 g/mol. The van der Waals surface area contributed by atoms with E-state index in [0.717, 1.165) is 29.4 Å². The Hall–Kier alpha value is -2.43. The molecular formula is C19H20ClF3N2O5. The van der Waals surface area contributed by atoms with Crippen LogP contribution < -0.4 is 0 Å². The first-order chi connectivity index (χ1) is 14.0. The van der Waals surface area contributed by atoms with Gasteiger partial charge in [-0.05, 0) is 31.5 Å². The fourth-order valence-electron chi connectivity index (χ4n) is 3.23. The van der Waals surface area contributed by atoms with Crippen LogP contribution in [0.4, 0.5) is 13.2 Å². The second-order valence-electron chi connectivity index (χ2n) is 6.72. The number of carboxylic acid groups (broad SMARTS) is 2. The lowest BCUT2D eigenvalue weighted by molar-refractivity contribution is -0.192. The van der Waals surface area contributed by atoms with Gasteiger partial charge in [-0.15, -0.1) is 0 Å². The summed E-state index contributed by atoms with van der Waals surface area (Å²) in [5, 5.41) is 18.3. The van der Waals surface area contributed by atoms with Crippen LogP contribution in [0, 0.1) is 0 Å². The Bertz CT molecular complexity index is 925. The Morgan fingerprint density at radius 1 is 1.30 bits per heavy atom. The number of benzene rings is 1. The molecule has 3 rings (SSSR count). The minimum atomic E-state index is -5.08. The second-order valence-corrected chi connectivity index (χ2v) is 7.13. The molecule has 1 aliphatic heterocycles. The van der Waals surface area contributed by atoms with Crippen molar-refractivity contribution >= 4 is 34.4 Å². The standard InChI is InChI=1S/C17H19ClN2O3.C2HF3O2/c1-23-17(16(21)22)7-3-9-20(11-17)10-13-14(18)6-5-12-4-2-8-19-15(12)13;3-2(4,5)1(6)7/h2,4-6,8H,3,7,9-11H2,1H3,(H,21,22);(H,6,7). The van der Waals surface area contributed by atoms with Gasteiger partial charge in [-0.2, -0.15) is 13.2 Å². The lowest BCUT2D eigenvalue weighted by atomic mass is 9.92.